The van der Waals surface area contributed by atoms with Gasteiger partial charge < -0.3 is 15.4 Å². The molecule has 2 aliphatic rings. The first-order chi connectivity index (χ1) is 9.19. The van der Waals surface area contributed by atoms with Crippen LogP contribution >= 0.6 is 0 Å². The summed E-state index contributed by atoms with van der Waals surface area (Å²) in [5, 5.41) is 9.87. The number of hydrogen-bond donors (Lipinski definition) is 3. The van der Waals surface area contributed by atoms with Gasteiger partial charge in [-0.05, 0) is 30.9 Å². The summed E-state index contributed by atoms with van der Waals surface area (Å²) in [5.41, 5.74) is 2.83. The molecule has 4 N–H and O–H groups in total. The van der Waals surface area contributed by atoms with Crippen molar-refractivity contribution in [2.24, 2.45) is 17.7 Å². The third-order valence-corrected chi connectivity index (χ3v) is 4.22. The number of nitrogens with zero attached hydrogens (tertiary/aromatic N) is 2. The summed E-state index contributed by atoms with van der Waals surface area (Å²) in [4.78, 5) is 18.3. The van der Waals surface area contributed by atoms with E-state index in [1.54, 1.807) is 23.1 Å². The third-order valence-electron chi connectivity index (χ3n) is 4.22. The maximum Gasteiger partial charge on any atom is 0.272 e. The second kappa shape index (κ2) is 4.79. The molecule has 2 heterocycles. The van der Waals surface area contributed by atoms with Crippen molar-refractivity contribution in [3.05, 3.63) is 23.9 Å². The number of likely N-dealkylation sites (tertiary alicyclic amines) is 1. The molecule has 2 fully saturated rings. The summed E-state index contributed by atoms with van der Waals surface area (Å²) in [6, 6.07) is 5.15. The lowest BCUT2D eigenvalue weighted by atomic mass is 10.00. The Morgan fingerprint density at radius 3 is 3.00 bits per heavy atom. The smallest absolute Gasteiger partial charge is 0.272 e. The number of hydrogen-bond acceptors (Lipinski definition) is 5. The summed E-state index contributed by atoms with van der Waals surface area (Å²) >= 11 is 0. The van der Waals surface area contributed by atoms with Crippen LogP contribution in [0.4, 0.5) is 5.82 Å². The van der Waals surface area contributed by atoms with Gasteiger partial charge in [-0.1, -0.05) is 6.07 Å². The Morgan fingerprint density at radius 2 is 2.26 bits per heavy atom. The lowest BCUT2D eigenvalue weighted by Crippen LogP contribution is -2.31. The number of nitrogen functional groups attached to an aromatic ring is 1. The van der Waals surface area contributed by atoms with Crippen molar-refractivity contribution < 1.29 is 9.90 Å². The predicted octanol–water partition coefficient (Wildman–Crippen LogP) is 0.210. The fraction of sp³-hybridized carbons (Fsp3) is 0.538. The Hall–Kier alpha value is -1.66. The molecule has 3 rings (SSSR count). The number of aliphatic hydroxyl groups is 1. The topological polar surface area (TPSA) is 91.5 Å². The van der Waals surface area contributed by atoms with E-state index in [4.69, 9.17) is 5.84 Å². The number of anilines is 1. The van der Waals surface area contributed by atoms with Gasteiger partial charge in [0.05, 0.1) is 6.10 Å². The summed E-state index contributed by atoms with van der Waals surface area (Å²) < 4.78 is 0. The largest absolute Gasteiger partial charge is 0.393 e. The zero-order chi connectivity index (χ0) is 13.4. The van der Waals surface area contributed by atoms with E-state index in [2.05, 4.69) is 10.4 Å². The molecule has 3 unspecified atom stereocenters. The molecule has 1 aromatic heterocycles. The summed E-state index contributed by atoms with van der Waals surface area (Å²) in [7, 11) is 0. The Kier molecular flexibility index (Phi) is 3.12. The molecule has 1 aliphatic heterocycles. The monoisotopic (exact) mass is 262 g/mol. The van der Waals surface area contributed by atoms with Gasteiger partial charge in [0, 0.05) is 19.0 Å². The Labute approximate surface area is 111 Å². The molecular formula is C13H18N4O2. The number of fused-ring (bicyclic) bond motifs is 1. The van der Waals surface area contributed by atoms with Gasteiger partial charge in [-0.2, -0.15) is 0 Å². The number of pyridine rings is 1. The number of nitrogens with two attached hydrogens (primary N) is 1. The van der Waals surface area contributed by atoms with Crippen LogP contribution in [0.25, 0.3) is 0 Å². The van der Waals surface area contributed by atoms with Crippen molar-refractivity contribution in [1.29, 1.82) is 0 Å². The number of aromatic nitrogens is 1. The SMILES string of the molecule is NNc1cccc(C(=O)N2CC3CCC(O)C3C2)n1. The molecule has 1 saturated heterocycles. The molecule has 1 amide bonds. The van der Waals surface area contributed by atoms with E-state index >= 15 is 0 Å². The summed E-state index contributed by atoms with van der Waals surface area (Å²) in [6.45, 7) is 1.36. The maximum atomic E-state index is 12.4. The van der Waals surface area contributed by atoms with Crippen LogP contribution in [0.2, 0.25) is 0 Å². The molecule has 1 aliphatic carbocycles. The zero-order valence-electron chi connectivity index (χ0n) is 10.6. The first-order valence-corrected chi connectivity index (χ1v) is 6.60. The van der Waals surface area contributed by atoms with Crippen molar-refractivity contribution in [3.8, 4) is 0 Å². The number of amides is 1. The van der Waals surface area contributed by atoms with Crippen LogP contribution in [0.1, 0.15) is 23.3 Å². The molecule has 102 valence electrons. The van der Waals surface area contributed by atoms with Crippen molar-refractivity contribution in [2.75, 3.05) is 18.5 Å². The molecule has 6 heteroatoms. The molecular weight excluding hydrogens is 244 g/mol. The number of carbonyl (C=O) groups excluding carboxylic acids is 1. The maximum absolute atomic E-state index is 12.4. The van der Waals surface area contributed by atoms with Crippen LogP contribution in [0.5, 0.6) is 0 Å². The lowest BCUT2D eigenvalue weighted by molar-refractivity contribution is 0.0747. The minimum absolute atomic E-state index is 0.0845. The summed E-state index contributed by atoms with van der Waals surface area (Å²) in [5.74, 6) is 6.36. The van der Waals surface area contributed by atoms with Crippen LogP contribution in [0.15, 0.2) is 18.2 Å². The molecule has 0 spiro atoms. The minimum Gasteiger partial charge on any atom is -0.393 e. The molecule has 3 atom stereocenters. The lowest BCUT2D eigenvalue weighted by Gasteiger charge is -2.18. The van der Waals surface area contributed by atoms with Crippen molar-refractivity contribution in [1.82, 2.24) is 9.88 Å². The second-order valence-electron chi connectivity index (χ2n) is 5.33. The average molecular weight is 262 g/mol. The van der Waals surface area contributed by atoms with E-state index in [0.29, 0.717) is 24.0 Å². The number of hydrazine groups is 1. The van der Waals surface area contributed by atoms with Gasteiger partial charge in [0.15, 0.2) is 0 Å². The molecule has 0 radical (unpaired) electrons. The van der Waals surface area contributed by atoms with Gasteiger partial charge in [0.25, 0.3) is 5.91 Å². The second-order valence-corrected chi connectivity index (χ2v) is 5.33. The van der Waals surface area contributed by atoms with Gasteiger partial charge in [-0.3, -0.25) is 4.79 Å². The highest BCUT2D eigenvalue weighted by molar-refractivity contribution is 5.92. The molecule has 6 nitrogen and oxygen atoms in total. The van der Waals surface area contributed by atoms with Crippen molar-refractivity contribution in [3.63, 3.8) is 0 Å². The Balaban J connectivity index is 1.74. The highest BCUT2D eigenvalue weighted by atomic mass is 16.3. The van der Waals surface area contributed by atoms with Crippen LogP contribution < -0.4 is 11.3 Å². The van der Waals surface area contributed by atoms with E-state index in [1.807, 2.05) is 0 Å². The first kappa shape index (κ1) is 12.4. The van der Waals surface area contributed by atoms with Crippen LogP contribution in [0, 0.1) is 11.8 Å². The predicted molar refractivity (Wildman–Crippen MR) is 70.2 cm³/mol. The minimum atomic E-state index is -0.257. The fourth-order valence-corrected chi connectivity index (χ4v) is 3.20. The van der Waals surface area contributed by atoms with E-state index in [1.165, 1.54) is 0 Å². The van der Waals surface area contributed by atoms with Crippen LogP contribution in [-0.2, 0) is 0 Å². The zero-order valence-corrected chi connectivity index (χ0v) is 10.6. The van der Waals surface area contributed by atoms with E-state index < -0.39 is 0 Å². The van der Waals surface area contributed by atoms with E-state index in [-0.39, 0.29) is 17.9 Å². The molecule has 0 bridgehead atoms. The van der Waals surface area contributed by atoms with E-state index in [9.17, 15) is 9.90 Å². The van der Waals surface area contributed by atoms with Gasteiger partial charge in [-0.15, -0.1) is 0 Å². The molecule has 19 heavy (non-hydrogen) atoms. The van der Waals surface area contributed by atoms with E-state index in [0.717, 1.165) is 19.4 Å². The van der Waals surface area contributed by atoms with Gasteiger partial charge in [0.1, 0.15) is 11.5 Å². The normalized spacial score (nSPS) is 29.4. The Morgan fingerprint density at radius 1 is 1.42 bits per heavy atom. The standard InChI is InChI=1S/C13H18N4O2/c14-16-12-3-1-2-10(15-12)13(19)17-6-8-4-5-11(18)9(8)7-17/h1-3,8-9,11,18H,4-7,14H2,(H,15,16). The quantitative estimate of drug-likeness (QED) is 0.523. The first-order valence-electron chi connectivity index (χ1n) is 6.60. The third kappa shape index (κ3) is 2.17. The number of carbonyl (C=O) groups is 1. The molecule has 1 aromatic rings. The highest BCUT2D eigenvalue weighted by Gasteiger charge is 2.43. The summed E-state index contributed by atoms with van der Waals surface area (Å²) in [6.07, 6.45) is 1.61. The van der Waals surface area contributed by atoms with Crippen LogP contribution in [0.3, 0.4) is 0 Å². The molecule has 0 aromatic carbocycles. The van der Waals surface area contributed by atoms with Gasteiger partial charge in [0.2, 0.25) is 0 Å². The van der Waals surface area contributed by atoms with Gasteiger partial charge in [-0.25, -0.2) is 10.8 Å². The highest BCUT2D eigenvalue weighted by Crippen LogP contribution is 2.38. The van der Waals surface area contributed by atoms with Gasteiger partial charge >= 0.3 is 0 Å². The Bertz CT molecular complexity index is 493. The molecule has 1 saturated carbocycles. The van der Waals surface area contributed by atoms with Crippen molar-refractivity contribution >= 4 is 11.7 Å². The van der Waals surface area contributed by atoms with Crippen molar-refractivity contribution in [2.45, 2.75) is 18.9 Å². The fourth-order valence-electron chi connectivity index (χ4n) is 3.20. The number of aliphatic hydroxyl groups excluding tert-OH is 1. The average Bonchev–Trinajstić information content (AvgIpc) is 3.01. The van der Waals surface area contributed by atoms with Crippen LogP contribution in [-0.4, -0.2) is 40.1 Å². The number of rotatable bonds is 2. The number of nitrogens with one attached hydrogen (secondary N) is 1.